The highest BCUT2D eigenvalue weighted by Crippen LogP contribution is 2.40. The van der Waals surface area contributed by atoms with Gasteiger partial charge in [-0.15, -0.1) is 0 Å². The van der Waals surface area contributed by atoms with Crippen LogP contribution in [0.5, 0.6) is 0 Å². The van der Waals surface area contributed by atoms with Gasteiger partial charge in [-0.1, -0.05) is 0 Å². The molecule has 0 saturated heterocycles. The lowest BCUT2D eigenvalue weighted by Gasteiger charge is -2.27. The van der Waals surface area contributed by atoms with Crippen LogP contribution in [0.2, 0.25) is 0 Å². The summed E-state index contributed by atoms with van der Waals surface area (Å²) < 4.78 is 38.4. The first-order valence-electron chi connectivity index (χ1n) is 3.93. The van der Waals surface area contributed by atoms with E-state index in [1.807, 2.05) is 0 Å². The molecule has 0 unspecified atom stereocenters. The number of alkyl halides is 3. The average Bonchev–Trinajstić information content (AvgIpc) is 2.02. The number of nitrogens with zero attached hydrogens (tertiary/aromatic N) is 1. The van der Waals surface area contributed by atoms with Crippen molar-refractivity contribution in [1.29, 1.82) is 0 Å². The molecule has 0 aliphatic rings. The van der Waals surface area contributed by atoms with Gasteiger partial charge in [0.05, 0.1) is 5.41 Å². The maximum absolute atomic E-state index is 12.6. The van der Waals surface area contributed by atoms with Crippen LogP contribution in [0.25, 0.3) is 0 Å². The monoisotopic (exact) mass is 267 g/mol. The van der Waals surface area contributed by atoms with Crippen molar-refractivity contribution in [2.45, 2.75) is 25.4 Å². The number of hydrogen-bond donors (Lipinski definition) is 0. The van der Waals surface area contributed by atoms with Gasteiger partial charge in [0.2, 0.25) is 0 Å². The van der Waals surface area contributed by atoms with Crippen LogP contribution < -0.4 is 0 Å². The minimum absolute atomic E-state index is 0.152. The van der Waals surface area contributed by atoms with Crippen LogP contribution >= 0.6 is 15.9 Å². The molecule has 0 saturated carbocycles. The minimum atomic E-state index is -4.27. The van der Waals surface area contributed by atoms with Crippen LogP contribution in [0.1, 0.15) is 19.4 Å². The molecule has 78 valence electrons. The molecule has 0 atom stereocenters. The van der Waals surface area contributed by atoms with Gasteiger partial charge in [0.15, 0.2) is 0 Å². The molecule has 0 spiro atoms. The van der Waals surface area contributed by atoms with E-state index in [1.54, 1.807) is 0 Å². The van der Waals surface area contributed by atoms with Gasteiger partial charge in [0, 0.05) is 16.9 Å². The fraction of sp³-hybridized carbons (Fsp3) is 0.444. The highest BCUT2D eigenvalue weighted by atomic mass is 79.9. The SMILES string of the molecule is CC(C)(c1cncc(Br)c1)C(F)(F)F. The third-order valence-electron chi connectivity index (χ3n) is 2.14. The maximum Gasteiger partial charge on any atom is 0.397 e. The highest BCUT2D eigenvalue weighted by molar-refractivity contribution is 9.10. The van der Waals surface area contributed by atoms with E-state index in [9.17, 15) is 13.2 Å². The number of rotatable bonds is 1. The molecule has 1 heterocycles. The van der Waals surface area contributed by atoms with Crippen molar-refractivity contribution in [2.24, 2.45) is 0 Å². The lowest BCUT2D eigenvalue weighted by Crippen LogP contribution is -2.36. The molecule has 0 aliphatic heterocycles. The fourth-order valence-corrected chi connectivity index (χ4v) is 1.28. The largest absolute Gasteiger partial charge is 0.397 e. The molecule has 0 radical (unpaired) electrons. The van der Waals surface area contributed by atoms with Gasteiger partial charge in [-0.25, -0.2) is 0 Å². The Labute approximate surface area is 88.5 Å². The second-order valence-corrected chi connectivity index (χ2v) is 4.43. The second kappa shape index (κ2) is 3.53. The topological polar surface area (TPSA) is 12.9 Å². The summed E-state index contributed by atoms with van der Waals surface area (Å²) in [6.45, 7) is 2.27. The van der Waals surface area contributed by atoms with E-state index in [1.165, 1.54) is 18.5 Å². The van der Waals surface area contributed by atoms with Crippen molar-refractivity contribution >= 4 is 15.9 Å². The lowest BCUT2D eigenvalue weighted by molar-refractivity contribution is -0.180. The highest BCUT2D eigenvalue weighted by Gasteiger charge is 2.48. The van der Waals surface area contributed by atoms with Gasteiger partial charge < -0.3 is 0 Å². The first-order chi connectivity index (χ1) is 6.25. The van der Waals surface area contributed by atoms with E-state index in [-0.39, 0.29) is 5.56 Å². The summed E-state index contributed by atoms with van der Waals surface area (Å²) in [7, 11) is 0. The van der Waals surface area contributed by atoms with Crippen LogP contribution in [-0.4, -0.2) is 11.2 Å². The van der Waals surface area contributed by atoms with E-state index in [2.05, 4.69) is 20.9 Å². The maximum atomic E-state index is 12.6. The predicted molar refractivity (Wildman–Crippen MR) is 51.0 cm³/mol. The Morgan fingerprint density at radius 2 is 1.79 bits per heavy atom. The Kier molecular flexibility index (Phi) is 2.90. The summed E-state index contributed by atoms with van der Waals surface area (Å²) in [5, 5.41) is 0. The normalized spacial score (nSPS) is 13.0. The van der Waals surface area contributed by atoms with Crippen LogP contribution in [-0.2, 0) is 5.41 Å². The van der Waals surface area contributed by atoms with E-state index in [4.69, 9.17) is 0 Å². The fourth-order valence-electron chi connectivity index (χ4n) is 0.917. The van der Waals surface area contributed by atoms with Crippen LogP contribution in [0.15, 0.2) is 22.9 Å². The zero-order valence-electron chi connectivity index (χ0n) is 7.69. The zero-order chi connectivity index (χ0) is 11.0. The van der Waals surface area contributed by atoms with Crippen molar-refractivity contribution in [1.82, 2.24) is 4.98 Å². The van der Waals surface area contributed by atoms with Crippen molar-refractivity contribution < 1.29 is 13.2 Å². The van der Waals surface area contributed by atoms with Crippen molar-refractivity contribution in [3.05, 3.63) is 28.5 Å². The molecule has 0 aromatic carbocycles. The van der Waals surface area contributed by atoms with Gasteiger partial charge >= 0.3 is 6.18 Å². The van der Waals surface area contributed by atoms with Crippen molar-refractivity contribution in [2.75, 3.05) is 0 Å². The van der Waals surface area contributed by atoms with E-state index >= 15 is 0 Å². The molecule has 0 aliphatic carbocycles. The zero-order valence-corrected chi connectivity index (χ0v) is 9.28. The molecule has 0 fully saturated rings. The molecule has 1 aromatic heterocycles. The Bertz CT molecular complexity index is 333. The summed E-state index contributed by atoms with van der Waals surface area (Å²) in [5.74, 6) is 0. The lowest BCUT2D eigenvalue weighted by atomic mass is 9.85. The van der Waals surface area contributed by atoms with Crippen LogP contribution in [0.4, 0.5) is 13.2 Å². The predicted octanol–water partition coefficient (Wildman–Crippen LogP) is 3.68. The summed E-state index contributed by atoms with van der Waals surface area (Å²) in [6.07, 6.45) is -1.58. The summed E-state index contributed by atoms with van der Waals surface area (Å²) in [4.78, 5) is 3.72. The third-order valence-corrected chi connectivity index (χ3v) is 2.57. The molecule has 0 bridgehead atoms. The Balaban J connectivity index is 3.16. The van der Waals surface area contributed by atoms with Gasteiger partial charge in [-0.05, 0) is 41.4 Å². The summed E-state index contributed by atoms with van der Waals surface area (Å²) in [6, 6.07) is 1.43. The molecular formula is C9H9BrF3N. The van der Waals surface area contributed by atoms with Crippen LogP contribution in [0.3, 0.4) is 0 Å². The standard InChI is InChI=1S/C9H9BrF3N/c1-8(2,9(11,12)13)6-3-7(10)5-14-4-6/h3-5H,1-2H3. The van der Waals surface area contributed by atoms with Crippen molar-refractivity contribution in [3.63, 3.8) is 0 Å². The first kappa shape index (κ1) is 11.5. The number of aromatic nitrogens is 1. The van der Waals surface area contributed by atoms with E-state index in [0.717, 1.165) is 13.8 Å². The number of hydrogen-bond acceptors (Lipinski definition) is 1. The van der Waals surface area contributed by atoms with Gasteiger partial charge in [0.1, 0.15) is 0 Å². The van der Waals surface area contributed by atoms with Gasteiger partial charge in [-0.2, -0.15) is 13.2 Å². The van der Waals surface area contributed by atoms with E-state index < -0.39 is 11.6 Å². The smallest absolute Gasteiger partial charge is 0.263 e. The molecule has 5 heteroatoms. The average molecular weight is 268 g/mol. The molecule has 14 heavy (non-hydrogen) atoms. The first-order valence-corrected chi connectivity index (χ1v) is 4.72. The van der Waals surface area contributed by atoms with Gasteiger partial charge in [0.25, 0.3) is 0 Å². The van der Waals surface area contributed by atoms with Crippen LogP contribution in [0, 0.1) is 0 Å². The number of halogens is 4. The third kappa shape index (κ3) is 2.08. The minimum Gasteiger partial charge on any atom is -0.263 e. The number of pyridine rings is 1. The molecule has 1 aromatic rings. The molecule has 0 N–H and O–H groups in total. The Hall–Kier alpha value is -0.580. The second-order valence-electron chi connectivity index (χ2n) is 3.51. The van der Waals surface area contributed by atoms with Crippen molar-refractivity contribution in [3.8, 4) is 0 Å². The molecule has 1 rings (SSSR count). The quantitative estimate of drug-likeness (QED) is 0.757. The van der Waals surface area contributed by atoms with E-state index in [0.29, 0.717) is 4.47 Å². The molecular weight excluding hydrogens is 259 g/mol. The van der Waals surface area contributed by atoms with Gasteiger partial charge in [-0.3, -0.25) is 4.98 Å². The Morgan fingerprint density at radius 1 is 1.21 bits per heavy atom. The molecule has 0 amide bonds. The Morgan fingerprint density at radius 3 is 2.21 bits per heavy atom. The summed E-state index contributed by atoms with van der Waals surface area (Å²) in [5.41, 5.74) is -1.72. The molecule has 1 nitrogen and oxygen atoms in total. The summed E-state index contributed by atoms with van der Waals surface area (Å²) >= 11 is 3.09.